The van der Waals surface area contributed by atoms with Crippen molar-refractivity contribution in [2.45, 2.75) is 19.4 Å². The van der Waals surface area contributed by atoms with E-state index in [0.29, 0.717) is 6.42 Å². The molecule has 4 heteroatoms. The molecule has 1 amide bonds. The van der Waals surface area contributed by atoms with E-state index in [9.17, 15) is 9.90 Å². The lowest BCUT2D eigenvalue weighted by atomic mass is 10.1. The topological polar surface area (TPSA) is 75.4 Å². The van der Waals surface area contributed by atoms with Crippen molar-refractivity contribution in [1.29, 1.82) is 0 Å². The molecule has 0 saturated heterocycles. The number of nitrogens with one attached hydrogen (secondary N) is 1. The van der Waals surface area contributed by atoms with Crippen molar-refractivity contribution in [2.24, 2.45) is 5.73 Å². The summed E-state index contributed by atoms with van der Waals surface area (Å²) in [6.07, 6.45) is 0.429. The average molecular weight is 270 g/mol. The molecule has 0 fully saturated rings. The molecule has 0 aliphatic rings. The summed E-state index contributed by atoms with van der Waals surface area (Å²) in [7, 11) is 0. The summed E-state index contributed by atoms with van der Waals surface area (Å²) in [6.45, 7) is 1.93. The van der Waals surface area contributed by atoms with Crippen LogP contribution in [-0.4, -0.2) is 17.1 Å². The van der Waals surface area contributed by atoms with Crippen molar-refractivity contribution >= 4 is 11.6 Å². The van der Waals surface area contributed by atoms with Crippen molar-refractivity contribution in [1.82, 2.24) is 0 Å². The minimum absolute atomic E-state index is 0.201. The van der Waals surface area contributed by atoms with E-state index in [-0.39, 0.29) is 11.7 Å². The maximum atomic E-state index is 12.1. The van der Waals surface area contributed by atoms with Gasteiger partial charge in [-0.25, -0.2) is 0 Å². The van der Waals surface area contributed by atoms with Gasteiger partial charge in [0, 0.05) is 5.69 Å². The normalized spacial score (nSPS) is 11.9. The van der Waals surface area contributed by atoms with Crippen LogP contribution in [0.1, 0.15) is 11.1 Å². The Kier molecular flexibility index (Phi) is 4.38. The number of aromatic hydroxyl groups is 1. The van der Waals surface area contributed by atoms with Crippen LogP contribution in [0.2, 0.25) is 0 Å². The number of rotatable bonds is 4. The van der Waals surface area contributed by atoms with Crippen LogP contribution < -0.4 is 11.1 Å². The average Bonchev–Trinajstić information content (AvgIpc) is 2.44. The van der Waals surface area contributed by atoms with Gasteiger partial charge in [0.25, 0.3) is 0 Å². The second kappa shape index (κ2) is 6.21. The first-order valence-corrected chi connectivity index (χ1v) is 6.46. The molecule has 1 atom stereocenters. The van der Waals surface area contributed by atoms with Gasteiger partial charge in [0.2, 0.25) is 5.91 Å². The summed E-state index contributed by atoms with van der Waals surface area (Å²) in [4.78, 5) is 12.1. The highest BCUT2D eigenvalue weighted by Crippen LogP contribution is 2.14. The molecule has 104 valence electrons. The maximum Gasteiger partial charge on any atom is 0.241 e. The van der Waals surface area contributed by atoms with Crippen molar-refractivity contribution in [3.63, 3.8) is 0 Å². The van der Waals surface area contributed by atoms with Crippen LogP contribution >= 0.6 is 0 Å². The number of phenolic OH excluding ortho intramolecular Hbond substituents is 1. The zero-order chi connectivity index (χ0) is 14.5. The molecule has 2 aromatic rings. The fourth-order valence-corrected chi connectivity index (χ4v) is 1.92. The highest BCUT2D eigenvalue weighted by Gasteiger charge is 2.14. The quantitative estimate of drug-likeness (QED) is 0.797. The van der Waals surface area contributed by atoms with Gasteiger partial charge >= 0.3 is 0 Å². The van der Waals surface area contributed by atoms with E-state index in [2.05, 4.69) is 5.32 Å². The van der Waals surface area contributed by atoms with Crippen LogP contribution in [0.5, 0.6) is 5.75 Å². The van der Waals surface area contributed by atoms with Gasteiger partial charge in [-0.05, 0) is 42.7 Å². The third kappa shape index (κ3) is 3.59. The zero-order valence-electron chi connectivity index (χ0n) is 11.3. The molecule has 0 unspecified atom stereocenters. The van der Waals surface area contributed by atoms with Gasteiger partial charge in [0.15, 0.2) is 0 Å². The lowest BCUT2D eigenvalue weighted by Crippen LogP contribution is -2.37. The second-order valence-electron chi connectivity index (χ2n) is 4.78. The van der Waals surface area contributed by atoms with Crippen LogP contribution in [0.25, 0.3) is 0 Å². The molecular weight excluding hydrogens is 252 g/mol. The van der Waals surface area contributed by atoms with Gasteiger partial charge in [-0.3, -0.25) is 4.79 Å². The summed E-state index contributed by atoms with van der Waals surface area (Å²) in [6, 6.07) is 13.6. The minimum atomic E-state index is -0.626. The Bertz CT molecular complexity index is 594. The van der Waals surface area contributed by atoms with Crippen molar-refractivity contribution in [3.8, 4) is 5.75 Å². The van der Waals surface area contributed by atoms with Gasteiger partial charge < -0.3 is 16.2 Å². The number of para-hydroxylation sites is 1. The largest absolute Gasteiger partial charge is 0.508 e. The smallest absolute Gasteiger partial charge is 0.241 e. The number of amides is 1. The Morgan fingerprint density at radius 2 is 1.85 bits per heavy atom. The van der Waals surface area contributed by atoms with Crippen LogP contribution in [0.15, 0.2) is 48.5 Å². The third-order valence-electron chi connectivity index (χ3n) is 3.13. The van der Waals surface area contributed by atoms with Gasteiger partial charge in [-0.2, -0.15) is 0 Å². The number of carbonyl (C=O) groups excluding carboxylic acids is 1. The predicted octanol–water partition coefficient (Wildman–Crippen LogP) is 2.21. The molecule has 4 N–H and O–H groups in total. The van der Waals surface area contributed by atoms with Gasteiger partial charge in [-0.1, -0.05) is 30.3 Å². The first-order valence-electron chi connectivity index (χ1n) is 6.46. The van der Waals surface area contributed by atoms with Crippen LogP contribution in [0, 0.1) is 6.92 Å². The molecule has 20 heavy (non-hydrogen) atoms. The Morgan fingerprint density at radius 1 is 1.20 bits per heavy atom. The second-order valence-corrected chi connectivity index (χ2v) is 4.78. The van der Waals surface area contributed by atoms with Crippen LogP contribution in [0.3, 0.4) is 0 Å². The fourth-order valence-electron chi connectivity index (χ4n) is 1.92. The van der Waals surface area contributed by atoms with E-state index in [1.165, 1.54) is 0 Å². The SMILES string of the molecule is Cc1ccccc1NC(=O)[C@H](N)Cc1ccc(O)cc1. The van der Waals surface area contributed by atoms with Crippen molar-refractivity contribution < 1.29 is 9.90 Å². The number of hydrogen-bond acceptors (Lipinski definition) is 3. The predicted molar refractivity (Wildman–Crippen MR) is 79.6 cm³/mol. The van der Waals surface area contributed by atoms with E-state index >= 15 is 0 Å². The highest BCUT2D eigenvalue weighted by atomic mass is 16.3. The maximum absolute atomic E-state index is 12.1. The molecule has 0 aliphatic carbocycles. The number of aryl methyl sites for hydroxylation is 1. The standard InChI is InChI=1S/C16H18N2O2/c1-11-4-2-3-5-15(11)18-16(20)14(17)10-12-6-8-13(19)9-7-12/h2-9,14,19H,10,17H2,1H3,(H,18,20)/t14-/m1/s1. The first-order chi connectivity index (χ1) is 9.56. The van der Waals surface area contributed by atoms with E-state index in [0.717, 1.165) is 16.8 Å². The van der Waals surface area contributed by atoms with Crippen LogP contribution in [0.4, 0.5) is 5.69 Å². The summed E-state index contributed by atoms with van der Waals surface area (Å²) in [5.74, 6) is -0.0148. The summed E-state index contributed by atoms with van der Waals surface area (Å²) in [5.41, 5.74) is 8.60. The number of hydrogen-bond donors (Lipinski definition) is 3. The summed E-state index contributed by atoms with van der Waals surface area (Å²) >= 11 is 0. The van der Waals surface area contributed by atoms with Crippen molar-refractivity contribution in [2.75, 3.05) is 5.32 Å². The first kappa shape index (κ1) is 14.1. The van der Waals surface area contributed by atoms with Gasteiger partial charge in [0.05, 0.1) is 6.04 Å². The van der Waals surface area contributed by atoms with Crippen LogP contribution in [-0.2, 0) is 11.2 Å². The minimum Gasteiger partial charge on any atom is -0.508 e. The molecule has 2 aromatic carbocycles. The Labute approximate surface area is 118 Å². The van der Waals surface area contributed by atoms with Crippen molar-refractivity contribution in [3.05, 3.63) is 59.7 Å². The molecular formula is C16H18N2O2. The lowest BCUT2D eigenvalue weighted by Gasteiger charge is -2.13. The highest BCUT2D eigenvalue weighted by molar-refractivity contribution is 5.95. The Hall–Kier alpha value is -2.33. The number of phenols is 1. The molecule has 0 spiro atoms. The molecule has 0 aromatic heterocycles. The van der Waals surface area contributed by atoms with E-state index in [1.807, 2.05) is 31.2 Å². The van der Waals surface area contributed by atoms with Gasteiger partial charge in [-0.15, -0.1) is 0 Å². The molecule has 0 radical (unpaired) electrons. The monoisotopic (exact) mass is 270 g/mol. The molecule has 0 bridgehead atoms. The van der Waals surface area contributed by atoms with E-state index in [4.69, 9.17) is 5.73 Å². The molecule has 0 aliphatic heterocycles. The molecule has 4 nitrogen and oxygen atoms in total. The Morgan fingerprint density at radius 3 is 2.50 bits per heavy atom. The van der Waals surface area contributed by atoms with E-state index in [1.54, 1.807) is 24.3 Å². The number of carbonyl (C=O) groups is 1. The zero-order valence-corrected chi connectivity index (χ0v) is 11.3. The Balaban J connectivity index is 1.99. The third-order valence-corrected chi connectivity index (χ3v) is 3.13. The summed E-state index contributed by atoms with van der Waals surface area (Å²) in [5, 5.41) is 12.0. The molecule has 0 saturated carbocycles. The van der Waals surface area contributed by atoms with Gasteiger partial charge in [0.1, 0.15) is 5.75 Å². The number of benzene rings is 2. The summed E-state index contributed by atoms with van der Waals surface area (Å²) < 4.78 is 0. The number of anilines is 1. The lowest BCUT2D eigenvalue weighted by molar-refractivity contribution is -0.117. The molecule has 2 rings (SSSR count). The van der Waals surface area contributed by atoms with E-state index < -0.39 is 6.04 Å². The fraction of sp³-hybridized carbons (Fsp3) is 0.188. The molecule has 0 heterocycles. The number of nitrogens with two attached hydrogens (primary N) is 1.